The smallest absolute Gasteiger partial charge is 0.132 e. The first-order chi connectivity index (χ1) is 8.83. The minimum Gasteiger partial charge on any atom is -0.497 e. The second-order valence-corrected chi connectivity index (χ2v) is 4.07. The van der Waals surface area contributed by atoms with Gasteiger partial charge in [0.25, 0.3) is 0 Å². The van der Waals surface area contributed by atoms with E-state index in [0.29, 0.717) is 0 Å². The SMILES string of the molecule is COc1cc(OC)c2c(c1)ncc1ccccc12. The molecule has 0 bridgehead atoms. The first kappa shape index (κ1) is 10.8. The zero-order valence-corrected chi connectivity index (χ0v) is 10.3. The fraction of sp³-hybridized carbons (Fsp3) is 0.133. The second-order valence-electron chi connectivity index (χ2n) is 4.07. The van der Waals surface area contributed by atoms with Gasteiger partial charge in [0.05, 0.1) is 25.1 Å². The largest absolute Gasteiger partial charge is 0.497 e. The number of hydrogen-bond acceptors (Lipinski definition) is 3. The molecule has 18 heavy (non-hydrogen) atoms. The van der Waals surface area contributed by atoms with Crippen LogP contribution in [0.25, 0.3) is 21.7 Å². The number of fused-ring (bicyclic) bond motifs is 3. The number of aromatic nitrogens is 1. The Morgan fingerprint density at radius 1 is 1.00 bits per heavy atom. The molecule has 90 valence electrons. The van der Waals surface area contributed by atoms with Crippen LogP contribution in [-0.2, 0) is 0 Å². The second kappa shape index (κ2) is 4.18. The molecule has 0 saturated heterocycles. The highest BCUT2D eigenvalue weighted by atomic mass is 16.5. The van der Waals surface area contributed by atoms with Crippen molar-refractivity contribution in [3.8, 4) is 11.5 Å². The third-order valence-electron chi connectivity index (χ3n) is 3.08. The van der Waals surface area contributed by atoms with Crippen molar-refractivity contribution in [1.29, 1.82) is 0 Å². The highest BCUT2D eigenvalue weighted by Gasteiger charge is 2.09. The van der Waals surface area contributed by atoms with Gasteiger partial charge in [0.15, 0.2) is 0 Å². The predicted octanol–water partition coefficient (Wildman–Crippen LogP) is 3.41. The van der Waals surface area contributed by atoms with Crippen molar-refractivity contribution in [1.82, 2.24) is 4.98 Å². The summed E-state index contributed by atoms with van der Waals surface area (Å²) in [4.78, 5) is 4.47. The molecule has 0 saturated carbocycles. The van der Waals surface area contributed by atoms with Gasteiger partial charge in [-0.3, -0.25) is 4.98 Å². The Morgan fingerprint density at radius 3 is 2.61 bits per heavy atom. The van der Waals surface area contributed by atoms with Gasteiger partial charge in [0.1, 0.15) is 11.5 Å². The summed E-state index contributed by atoms with van der Waals surface area (Å²) >= 11 is 0. The number of nitrogens with zero attached hydrogens (tertiary/aromatic N) is 1. The van der Waals surface area contributed by atoms with E-state index in [1.54, 1.807) is 14.2 Å². The maximum absolute atomic E-state index is 5.46. The Kier molecular flexibility index (Phi) is 2.52. The van der Waals surface area contributed by atoms with Crippen molar-refractivity contribution < 1.29 is 9.47 Å². The van der Waals surface area contributed by atoms with Crippen molar-refractivity contribution in [3.05, 3.63) is 42.6 Å². The highest BCUT2D eigenvalue weighted by molar-refractivity contribution is 6.09. The Hall–Kier alpha value is -2.29. The molecule has 2 aromatic carbocycles. The Balaban J connectivity index is 2.49. The van der Waals surface area contributed by atoms with Crippen LogP contribution in [0.1, 0.15) is 0 Å². The van der Waals surface area contributed by atoms with Gasteiger partial charge in [-0.2, -0.15) is 0 Å². The lowest BCUT2D eigenvalue weighted by atomic mass is 10.1. The third-order valence-corrected chi connectivity index (χ3v) is 3.08. The summed E-state index contributed by atoms with van der Waals surface area (Å²) in [5.74, 6) is 1.54. The lowest BCUT2D eigenvalue weighted by Crippen LogP contribution is -1.91. The van der Waals surface area contributed by atoms with E-state index in [-0.39, 0.29) is 0 Å². The normalized spacial score (nSPS) is 10.8. The summed E-state index contributed by atoms with van der Waals surface area (Å²) in [6, 6.07) is 12.0. The molecule has 0 aliphatic rings. The first-order valence-electron chi connectivity index (χ1n) is 5.73. The van der Waals surface area contributed by atoms with Crippen molar-refractivity contribution in [2.45, 2.75) is 0 Å². The van der Waals surface area contributed by atoms with E-state index >= 15 is 0 Å². The molecule has 0 radical (unpaired) electrons. The number of ether oxygens (including phenoxy) is 2. The first-order valence-corrected chi connectivity index (χ1v) is 5.73. The zero-order valence-electron chi connectivity index (χ0n) is 10.3. The molecule has 3 aromatic rings. The zero-order chi connectivity index (χ0) is 12.5. The fourth-order valence-corrected chi connectivity index (χ4v) is 2.20. The topological polar surface area (TPSA) is 31.4 Å². The van der Waals surface area contributed by atoms with E-state index in [1.807, 2.05) is 36.5 Å². The molecule has 0 amide bonds. The quantitative estimate of drug-likeness (QED) is 0.642. The summed E-state index contributed by atoms with van der Waals surface area (Å²) < 4.78 is 10.7. The van der Waals surface area contributed by atoms with Gasteiger partial charge in [-0.25, -0.2) is 0 Å². The molecule has 0 spiro atoms. The van der Waals surface area contributed by atoms with Gasteiger partial charge in [0.2, 0.25) is 0 Å². The van der Waals surface area contributed by atoms with E-state index in [0.717, 1.165) is 33.2 Å². The lowest BCUT2D eigenvalue weighted by molar-refractivity contribution is 0.398. The Labute approximate surface area is 105 Å². The molecule has 0 aliphatic heterocycles. The molecule has 0 aliphatic carbocycles. The molecule has 0 N–H and O–H groups in total. The molecule has 3 nitrogen and oxygen atoms in total. The van der Waals surface area contributed by atoms with Gasteiger partial charge in [-0.15, -0.1) is 0 Å². The van der Waals surface area contributed by atoms with Crippen LogP contribution in [0.15, 0.2) is 42.6 Å². The Morgan fingerprint density at radius 2 is 1.83 bits per heavy atom. The van der Waals surface area contributed by atoms with E-state index < -0.39 is 0 Å². The molecule has 0 fully saturated rings. The average Bonchev–Trinajstić information content (AvgIpc) is 2.45. The number of rotatable bonds is 2. The third kappa shape index (κ3) is 1.56. The van der Waals surface area contributed by atoms with Crippen LogP contribution < -0.4 is 9.47 Å². The van der Waals surface area contributed by atoms with Gasteiger partial charge in [-0.1, -0.05) is 24.3 Å². The Bertz CT molecular complexity index is 722. The van der Waals surface area contributed by atoms with Crippen LogP contribution in [0.5, 0.6) is 11.5 Å². The summed E-state index contributed by atoms with van der Waals surface area (Å²) in [5, 5.41) is 3.27. The molecule has 3 heteroatoms. The number of methoxy groups -OCH3 is 2. The average molecular weight is 239 g/mol. The minimum atomic E-state index is 0.752. The van der Waals surface area contributed by atoms with Crippen LogP contribution in [0.2, 0.25) is 0 Å². The lowest BCUT2D eigenvalue weighted by Gasteiger charge is -2.10. The molecule has 0 atom stereocenters. The minimum absolute atomic E-state index is 0.752. The van der Waals surface area contributed by atoms with Gasteiger partial charge >= 0.3 is 0 Å². The predicted molar refractivity (Wildman–Crippen MR) is 72.4 cm³/mol. The van der Waals surface area contributed by atoms with Crippen molar-refractivity contribution >= 4 is 21.7 Å². The van der Waals surface area contributed by atoms with E-state index in [9.17, 15) is 0 Å². The molecular weight excluding hydrogens is 226 g/mol. The van der Waals surface area contributed by atoms with Crippen LogP contribution >= 0.6 is 0 Å². The van der Waals surface area contributed by atoms with Gasteiger partial charge < -0.3 is 9.47 Å². The summed E-state index contributed by atoms with van der Waals surface area (Å²) in [7, 11) is 3.30. The highest BCUT2D eigenvalue weighted by Crippen LogP contribution is 2.34. The standard InChI is InChI=1S/C15H13NO2/c1-17-11-7-13-15(14(8-11)18-2)12-6-4-3-5-10(12)9-16-13/h3-9H,1-2H3. The van der Waals surface area contributed by atoms with Crippen LogP contribution in [0, 0.1) is 0 Å². The van der Waals surface area contributed by atoms with Crippen LogP contribution in [0.4, 0.5) is 0 Å². The maximum Gasteiger partial charge on any atom is 0.132 e. The summed E-state index contributed by atoms with van der Waals surface area (Å²) in [6.07, 6.45) is 1.87. The van der Waals surface area contributed by atoms with Gasteiger partial charge in [-0.05, 0) is 5.39 Å². The molecule has 3 rings (SSSR count). The monoisotopic (exact) mass is 239 g/mol. The van der Waals surface area contributed by atoms with Crippen LogP contribution in [0.3, 0.4) is 0 Å². The number of benzene rings is 2. The number of hydrogen-bond donors (Lipinski definition) is 0. The molecule has 0 unspecified atom stereocenters. The number of pyridine rings is 1. The van der Waals surface area contributed by atoms with Crippen molar-refractivity contribution in [2.75, 3.05) is 14.2 Å². The van der Waals surface area contributed by atoms with Crippen molar-refractivity contribution in [3.63, 3.8) is 0 Å². The molecular formula is C15H13NO2. The maximum atomic E-state index is 5.46. The fourth-order valence-electron chi connectivity index (χ4n) is 2.20. The summed E-state index contributed by atoms with van der Waals surface area (Å²) in [5.41, 5.74) is 0.880. The summed E-state index contributed by atoms with van der Waals surface area (Å²) in [6.45, 7) is 0. The van der Waals surface area contributed by atoms with E-state index in [1.165, 1.54) is 0 Å². The van der Waals surface area contributed by atoms with E-state index in [4.69, 9.17) is 9.47 Å². The molecule has 1 aromatic heterocycles. The van der Waals surface area contributed by atoms with Crippen LogP contribution in [-0.4, -0.2) is 19.2 Å². The van der Waals surface area contributed by atoms with Gasteiger partial charge in [0, 0.05) is 23.7 Å². The molecule has 1 heterocycles. The van der Waals surface area contributed by atoms with E-state index in [2.05, 4.69) is 11.1 Å². The van der Waals surface area contributed by atoms with Crippen molar-refractivity contribution in [2.24, 2.45) is 0 Å².